The van der Waals surface area contributed by atoms with Crippen LogP contribution in [0.2, 0.25) is 0 Å². The highest BCUT2D eigenvalue weighted by Gasteiger charge is 2.34. The lowest BCUT2D eigenvalue weighted by molar-refractivity contribution is -0.128. The monoisotopic (exact) mass is 429 g/mol. The molecule has 1 aliphatic heterocycles. The van der Waals surface area contributed by atoms with E-state index in [0.717, 1.165) is 10.6 Å². The number of hydrogen-bond donors (Lipinski definition) is 2. The SMILES string of the molecule is C=CCn1c(-c2sc(NC(=O)C3Oc4ccccc4OC3C)nc2C)n[nH]c1=S. The van der Waals surface area contributed by atoms with Crippen LogP contribution in [-0.4, -0.2) is 37.9 Å². The van der Waals surface area contributed by atoms with Gasteiger partial charge in [-0.05, 0) is 38.2 Å². The number of carbonyl (C=O) groups is 1. The van der Waals surface area contributed by atoms with E-state index in [1.807, 2.05) is 29.7 Å². The fourth-order valence-electron chi connectivity index (χ4n) is 3.03. The van der Waals surface area contributed by atoms with Crippen LogP contribution >= 0.6 is 23.6 Å². The highest BCUT2D eigenvalue weighted by molar-refractivity contribution is 7.71. The van der Waals surface area contributed by atoms with Gasteiger partial charge in [0.25, 0.3) is 5.91 Å². The molecule has 2 aromatic heterocycles. The Hall–Kier alpha value is -2.98. The van der Waals surface area contributed by atoms with Gasteiger partial charge in [-0.15, -0.1) is 6.58 Å². The minimum absolute atomic E-state index is 0.322. The molecule has 0 radical (unpaired) electrons. The van der Waals surface area contributed by atoms with Crippen LogP contribution in [0.4, 0.5) is 5.13 Å². The fraction of sp³-hybridized carbons (Fsp3) is 0.263. The molecule has 1 aromatic carbocycles. The minimum Gasteiger partial charge on any atom is -0.482 e. The molecule has 0 saturated heterocycles. The predicted molar refractivity (Wildman–Crippen MR) is 113 cm³/mol. The first-order valence-electron chi connectivity index (χ1n) is 8.95. The molecule has 2 N–H and O–H groups in total. The first kappa shape index (κ1) is 19.3. The van der Waals surface area contributed by atoms with E-state index in [4.69, 9.17) is 21.7 Å². The number of ether oxygens (including phenoxy) is 2. The number of fused-ring (bicyclic) bond motifs is 1. The average molecular weight is 430 g/mol. The molecule has 0 fully saturated rings. The van der Waals surface area contributed by atoms with E-state index in [1.54, 1.807) is 19.1 Å². The number of aromatic nitrogens is 4. The standard InChI is InChI=1S/C19H19N5O3S2/c1-4-9-24-16(22-23-19(24)28)15-10(2)20-18(29-15)21-17(25)14-11(3)26-12-7-5-6-8-13(12)27-14/h4-8,11,14H,1,9H2,2-3H3,(H,23,28)(H,20,21,25). The first-order chi connectivity index (χ1) is 14.0. The molecule has 4 rings (SSSR count). The van der Waals surface area contributed by atoms with Crippen LogP contribution < -0.4 is 14.8 Å². The Labute approximate surface area is 176 Å². The largest absolute Gasteiger partial charge is 0.482 e. The van der Waals surface area contributed by atoms with E-state index in [1.165, 1.54) is 11.3 Å². The number of benzene rings is 1. The van der Waals surface area contributed by atoms with Crippen molar-refractivity contribution in [2.75, 3.05) is 5.32 Å². The number of allylic oxidation sites excluding steroid dienone is 1. The lowest BCUT2D eigenvalue weighted by atomic mass is 10.1. The molecule has 2 atom stereocenters. The maximum absolute atomic E-state index is 12.8. The summed E-state index contributed by atoms with van der Waals surface area (Å²) in [6.45, 7) is 7.93. The summed E-state index contributed by atoms with van der Waals surface area (Å²) in [5.41, 5.74) is 0.740. The number of rotatable bonds is 5. The predicted octanol–water partition coefficient (Wildman–Crippen LogP) is 3.73. The Morgan fingerprint density at radius 2 is 2.14 bits per heavy atom. The number of nitrogens with zero attached hydrogens (tertiary/aromatic N) is 3. The number of thiazole rings is 1. The van der Waals surface area contributed by atoms with Gasteiger partial charge in [0, 0.05) is 6.54 Å². The third-order valence-corrected chi connectivity index (χ3v) is 5.78. The molecule has 0 bridgehead atoms. The van der Waals surface area contributed by atoms with Crippen molar-refractivity contribution in [3.8, 4) is 22.2 Å². The molecule has 0 saturated carbocycles. The zero-order valence-electron chi connectivity index (χ0n) is 15.8. The summed E-state index contributed by atoms with van der Waals surface area (Å²) >= 11 is 6.59. The van der Waals surface area contributed by atoms with Crippen molar-refractivity contribution in [3.63, 3.8) is 0 Å². The molecule has 1 aliphatic rings. The van der Waals surface area contributed by atoms with Gasteiger partial charge in [0.05, 0.1) is 10.6 Å². The zero-order chi connectivity index (χ0) is 20.5. The van der Waals surface area contributed by atoms with Gasteiger partial charge in [0.2, 0.25) is 6.10 Å². The van der Waals surface area contributed by atoms with Crippen LogP contribution in [0.3, 0.4) is 0 Å². The first-order valence-corrected chi connectivity index (χ1v) is 10.2. The Kier molecular flexibility index (Phi) is 5.20. The number of aryl methyl sites for hydroxylation is 1. The van der Waals surface area contributed by atoms with Gasteiger partial charge in [-0.1, -0.05) is 29.5 Å². The summed E-state index contributed by atoms with van der Waals surface area (Å²) in [5.74, 6) is 1.50. The summed E-state index contributed by atoms with van der Waals surface area (Å²) in [4.78, 5) is 18.1. The normalized spacial score (nSPS) is 17.7. The van der Waals surface area contributed by atoms with Gasteiger partial charge in [-0.25, -0.2) is 4.98 Å². The molecule has 2 unspecified atom stereocenters. The maximum Gasteiger partial charge on any atom is 0.271 e. The van der Waals surface area contributed by atoms with E-state index in [0.29, 0.717) is 33.8 Å². The minimum atomic E-state index is -0.784. The van der Waals surface area contributed by atoms with Gasteiger partial charge >= 0.3 is 0 Å². The number of anilines is 1. The summed E-state index contributed by atoms with van der Waals surface area (Å²) < 4.78 is 14.0. The van der Waals surface area contributed by atoms with Crippen molar-refractivity contribution in [1.29, 1.82) is 0 Å². The van der Waals surface area contributed by atoms with Crippen molar-refractivity contribution >= 4 is 34.6 Å². The number of para-hydroxylation sites is 2. The van der Waals surface area contributed by atoms with E-state index >= 15 is 0 Å². The van der Waals surface area contributed by atoms with Gasteiger partial charge in [-0.2, -0.15) is 5.10 Å². The maximum atomic E-state index is 12.8. The number of carbonyl (C=O) groups excluding carboxylic acids is 1. The second-order valence-corrected chi connectivity index (χ2v) is 7.87. The van der Waals surface area contributed by atoms with Crippen LogP contribution in [0.25, 0.3) is 10.7 Å². The van der Waals surface area contributed by atoms with Crippen LogP contribution in [0.5, 0.6) is 11.5 Å². The van der Waals surface area contributed by atoms with Crippen molar-refractivity contribution < 1.29 is 14.3 Å². The summed E-state index contributed by atoms with van der Waals surface area (Å²) in [7, 11) is 0. The van der Waals surface area contributed by atoms with Crippen molar-refractivity contribution in [2.24, 2.45) is 0 Å². The number of H-pyrrole nitrogens is 1. The van der Waals surface area contributed by atoms with E-state index < -0.39 is 12.2 Å². The van der Waals surface area contributed by atoms with Crippen LogP contribution in [0.15, 0.2) is 36.9 Å². The average Bonchev–Trinajstić information content (AvgIpc) is 3.23. The number of amides is 1. The molecule has 3 aromatic rings. The van der Waals surface area contributed by atoms with Gasteiger partial charge < -0.3 is 9.47 Å². The lowest BCUT2D eigenvalue weighted by Crippen LogP contribution is -2.46. The molecule has 3 heterocycles. The van der Waals surface area contributed by atoms with Crippen molar-refractivity contribution in [1.82, 2.24) is 19.7 Å². The molecule has 0 aliphatic carbocycles. The fourth-order valence-corrected chi connectivity index (χ4v) is 4.20. The Balaban J connectivity index is 1.55. The van der Waals surface area contributed by atoms with Crippen molar-refractivity contribution in [2.45, 2.75) is 32.6 Å². The highest BCUT2D eigenvalue weighted by Crippen LogP contribution is 2.35. The molecule has 0 spiro atoms. The molecule has 10 heteroatoms. The molecule has 29 heavy (non-hydrogen) atoms. The summed E-state index contributed by atoms with van der Waals surface area (Å²) in [5, 5.41) is 10.4. The number of hydrogen-bond acceptors (Lipinski definition) is 7. The molecular formula is C19H19N5O3S2. The van der Waals surface area contributed by atoms with E-state index in [-0.39, 0.29) is 5.91 Å². The van der Waals surface area contributed by atoms with E-state index in [2.05, 4.69) is 27.1 Å². The molecular weight excluding hydrogens is 410 g/mol. The van der Waals surface area contributed by atoms with Crippen LogP contribution in [0, 0.1) is 11.7 Å². The lowest BCUT2D eigenvalue weighted by Gasteiger charge is -2.30. The number of aromatic amines is 1. The molecule has 150 valence electrons. The summed E-state index contributed by atoms with van der Waals surface area (Å²) in [6.07, 6.45) is 0.523. The zero-order valence-corrected chi connectivity index (χ0v) is 17.5. The third kappa shape index (κ3) is 3.68. The number of nitrogens with one attached hydrogen (secondary N) is 2. The van der Waals surface area contributed by atoms with Gasteiger partial charge in [0.1, 0.15) is 6.10 Å². The van der Waals surface area contributed by atoms with Crippen LogP contribution in [0.1, 0.15) is 12.6 Å². The Morgan fingerprint density at radius 3 is 2.86 bits per heavy atom. The van der Waals surface area contributed by atoms with Crippen molar-refractivity contribution in [3.05, 3.63) is 47.4 Å². The Morgan fingerprint density at radius 1 is 1.41 bits per heavy atom. The molecule has 1 amide bonds. The third-order valence-electron chi connectivity index (χ3n) is 4.40. The second kappa shape index (κ2) is 7.80. The Bertz CT molecular complexity index is 1130. The van der Waals surface area contributed by atoms with Gasteiger partial charge in [-0.3, -0.25) is 19.8 Å². The van der Waals surface area contributed by atoms with E-state index in [9.17, 15) is 4.79 Å². The quantitative estimate of drug-likeness (QED) is 0.474. The van der Waals surface area contributed by atoms with Crippen LogP contribution in [-0.2, 0) is 11.3 Å². The van der Waals surface area contributed by atoms with Gasteiger partial charge in [0.15, 0.2) is 27.2 Å². The second-order valence-electron chi connectivity index (χ2n) is 6.48. The smallest absolute Gasteiger partial charge is 0.271 e. The highest BCUT2D eigenvalue weighted by atomic mass is 32.1. The molecule has 8 nitrogen and oxygen atoms in total. The topological polar surface area (TPSA) is 94.1 Å². The summed E-state index contributed by atoms with van der Waals surface area (Å²) in [6, 6.07) is 7.28.